The number of para-hydroxylation sites is 1. The van der Waals surface area contributed by atoms with Gasteiger partial charge in [0.15, 0.2) is 11.5 Å². The number of aromatic carboxylic acids is 1. The van der Waals surface area contributed by atoms with Crippen molar-refractivity contribution >= 4 is 11.9 Å². The molecule has 4 fully saturated rings. The molecule has 0 heterocycles. The average Bonchev–Trinajstić information content (AvgIpc) is 2.77. The van der Waals surface area contributed by atoms with Crippen molar-refractivity contribution in [3.63, 3.8) is 0 Å². The molecule has 6 nitrogen and oxygen atoms in total. The van der Waals surface area contributed by atoms with E-state index in [1.807, 2.05) is 12.1 Å². The van der Waals surface area contributed by atoms with Crippen molar-refractivity contribution in [1.29, 1.82) is 0 Å². The molecule has 0 aromatic heterocycles. The molecule has 6 heteroatoms. The first kappa shape index (κ1) is 20.9. The molecule has 0 aliphatic heterocycles. The van der Waals surface area contributed by atoms with E-state index in [2.05, 4.69) is 0 Å². The van der Waals surface area contributed by atoms with Crippen LogP contribution in [0.5, 0.6) is 17.2 Å². The minimum Gasteiger partial charge on any atom is -0.496 e. The quantitative estimate of drug-likeness (QED) is 0.502. The summed E-state index contributed by atoms with van der Waals surface area (Å²) in [7, 11) is 3.09. The van der Waals surface area contributed by atoms with Gasteiger partial charge in [0.2, 0.25) is 0 Å². The summed E-state index contributed by atoms with van der Waals surface area (Å²) in [5, 5.41) is 9.51. The van der Waals surface area contributed by atoms with E-state index >= 15 is 0 Å². The number of carboxylic acid groups (broad SMARTS) is 1. The highest BCUT2D eigenvalue weighted by Crippen LogP contribution is 2.62. The Hall–Kier alpha value is -3.02. The van der Waals surface area contributed by atoms with Gasteiger partial charge in [-0.05, 0) is 92.0 Å². The molecular weight excluding hydrogens is 408 g/mol. The van der Waals surface area contributed by atoms with Gasteiger partial charge in [-0.15, -0.1) is 0 Å². The maximum atomic E-state index is 13.1. The first-order valence-corrected chi connectivity index (χ1v) is 11.2. The molecule has 0 radical (unpaired) electrons. The van der Waals surface area contributed by atoms with Crippen LogP contribution in [-0.2, 0) is 5.41 Å². The van der Waals surface area contributed by atoms with E-state index in [4.69, 9.17) is 14.2 Å². The van der Waals surface area contributed by atoms with E-state index in [0.29, 0.717) is 5.56 Å². The van der Waals surface area contributed by atoms with Gasteiger partial charge in [-0.25, -0.2) is 9.59 Å². The van der Waals surface area contributed by atoms with Gasteiger partial charge in [0.25, 0.3) is 0 Å². The summed E-state index contributed by atoms with van der Waals surface area (Å²) in [4.78, 5) is 24.8. The second-order valence-electron chi connectivity index (χ2n) is 9.64. The van der Waals surface area contributed by atoms with Gasteiger partial charge < -0.3 is 19.3 Å². The van der Waals surface area contributed by atoms with Crippen LogP contribution < -0.4 is 14.2 Å². The Morgan fingerprint density at radius 2 is 1.53 bits per heavy atom. The Morgan fingerprint density at radius 1 is 0.906 bits per heavy atom. The number of methoxy groups -OCH3 is 2. The van der Waals surface area contributed by atoms with Crippen LogP contribution in [0.15, 0.2) is 36.4 Å². The monoisotopic (exact) mass is 436 g/mol. The molecule has 0 unspecified atom stereocenters. The van der Waals surface area contributed by atoms with E-state index in [9.17, 15) is 14.7 Å². The number of benzene rings is 2. The summed E-state index contributed by atoms with van der Waals surface area (Å²) in [5.74, 6) is 1.41. The number of hydrogen-bond donors (Lipinski definition) is 1. The minimum absolute atomic E-state index is 0.0487. The molecule has 4 aliphatic rings. The largest absolute Gasteiger partial charge is 0.496 e. The molecule has 6 rings (SSSR count). The zero-order chi connectivity index (χ0) is 22.5. The second kappa shape index (κ2) is 7.84. The van der Waals surface area contributed by atoms with E-state index in [-0.39, 0.29) is 22.5 Å². The van der Waals surface area contributed by atoms with Crippen LogP contribution in [-0.4, -0.2) is 31.3 Å². The fourth-order valence-electron chi connectivity index (χ4n) is 6.79. The summed E-state index contributed by atoms with van der Waals surface area (Å²) in [5.41, 5.74) is 1.41. The van der Waals surface area contributed by atoms with Crippen LogP contribution in [0.2, 0.25) is 0 Å². The third kappa shape index (κ3) is 3.42. The van der Waals surface area contributed by atoms with Crippen LogP contribution in [0.1, 0.15) is 64.8 Å². The number of carbonyl (C=O) groups excluding carboxylic acids is 1. The van der Waals surface area contributed by atoms with Crippen molar-refractivity contribution in [3.05, 3.63) is 53.1 Å². The summed E-state index contributed by atoms with van der Waals surface area (Å²) in [6.07, 6.45) is 7.41. The van der Waals surface area contributed by atoms with E-state index < -0.39 is 11.9 Å². The molecule has 4 saturated carbocycles. The predicted octanol–water partition coefficient (Wildman–Crippen LogP) is 5.09. The summed E-state index contributed by atoms with van der Waals surface area (Å²) in [6.45, 7) is 0. The number of carbonyl (C=O) groups is 2. The lowest BCUT2D eigenvalue weighted by molar-refractivity contribution is -0.00618. The second-order valence-corrected chi connectivity index (χ2v) is 9.64. The Morgan fingerprint density at radius 3 is 2.09 bits per heavy atom. The first-order chi connectivity index (χ1) is 15.4. The van der Waals surface area contributed by atoms with Crippen LogP contribution >= 0.6 is 0 Å². The third-order valence-electron chi connectivity index (χ3n) is 7.67. The molecule has 2 aromatic carbocycles. The molecule has 0 saturated heterocycles. The molecule has 0 spiro atoms. The van der Waals surface area contributed by atoms with Gasteiger partial charge >= 0.3 is 11.9 Å². The van der Waals surface area contributed by atoms with Crippen LogP contribution in [0.4, 0.5) is 0 Å². The normalized spacial score (nSPS) is 27.8. The number of rotatable bonds is 6. The number of ether oxygens (including phenoxy) is 3. The van der Waals surface area contributed by atoms with Crippen LogP contribution in [0.25, 0.3) is 0 Å². The Labute approximate surface area is 187 Å². The molecule has 1 N–H and O–H groups in total. The van der Waals surface area contributed by atoms with E-state index in [1.54, 1.807) is 25.3 Å². The van der Waals surface area contributed by atoms with Crippen molar-refractivity contribution in [1.82, 2.24) is 0 Å². The molecular formula is C26H28O6. The number of carboxylic acids is 1. The lowest BCUT2D eigenvalue weighted by atomic mass is 9.48. The SMILES string of the molecule is COc1ccc(C(=O)Oc2c(OC)cccc2C(=O)O)cc1C12CC3CC(CC(C3)C1)C2. The summed E-state index contributed by atoms with van der Waals surface area (Å²) in [6, 6.07) is 9.94. The Bertz CT molecular complexity index is 1040. The minimum atomic E-state index is -1.18. The molecule has 4 bridgehead atoms. The summed E-state index contributed by atoms with van der Waals surface area (Å²) < 4.78 is 16.5. The van der Waals surface area contributed by atoms with Crippen LogP contribution in [0, 0.1) is 17.8 Å². The fourth-order valence-corrected chi connectivity index (χ4v) is 6.79. The molecule has 32 heavy (non-hydrogen) atoms. The zero-order valence-electron chi connectivity index (χ0n) is 18.4. The van der Waals surface area contributed by atoms with Crippen molar-refractivity contribution in [2.24, 2.45) is 17.8 Å². The molecule has 168 valence electrons. The van der Waals surface area contributed by atoms with Gasteiger partial charge in [0.1, 0.15) is 11.3 Å². The molecule has 0 atom stereocenters. The maximum absolute atomic E-state index is 13.1. The summed E-state index contributed by atoms with van der Waals surface area (Å²) >= 11 is 0. The fraction of sp³-hybridized carbons (Fsp3) is 0.462. The topological polar surface area (TPSA) is 82.1 Å². The average molecular weight is 437 g/mol. The lowest BCUT2D eigenvalue weighted by Gasteiger charge is -2.57. The Balaban J connectivity index is 1.50. The predicted molar refractivity (Wildman–Crippen MR) is 118 cm³/mol. The van der Waals surface area contributed by atoms with Gasteiger partial charge in [-0.3, -0.25) is 0 Å². The maximum Gasteiger partial charge on any atom is 0.343 e. The van der Waals surface area contributed by atoms with Gasteiger partial charge in [-0.2, -0.15) is 0 Å². The Kier molecular flexibility index (Phi) is 5.11. The highest BCUT2D eigenvalue weighted by Gasteiger charge is 2.52. The van der Waals surface area contributed by atoms with Gasteiger partial charge in [0, 0.05) is 5.56 Å². The molecule has 2 aromatic rings. The van der Waals surface area contributed by atoms with Crippen molar-refractivity contribution in [3.8, 4) is 17.2 Å². The number of hydrogen-bond acceptors (Lipinski definition) is 5. The van der Waals surface area contributed by atoms with E-state index in [0.717, 1.165) is 48.3 Å². The van der Waals surface area contributed by atoms with Crippen LogP contribution in [0.3, 0.4) is 0 Å². The van der Waals surface area contributed by atoms with E-state index in [1.165, 1.54) is 32.4 Å². The third-order valence-corrected chi connectivity index (χ3v) is 7.67. The smallest absolute Gasteiger partial charge is 0.343 e. The van der Waals surface area contributed by atoms with Gasteiger partial charge in [-0.1, -0.05) is 6.07 Å². The highest BCUT2D eigenvalue weighted by molar-refractivity contribution is 5.96. The van der Waals surface area contributed by atoms with Gasteiger partial charge in [0.05, 0.1) is 19.8 Å². The standard InChI is InChI=1S/C26H28O6/c1-30-21-7-6-18(25(29)32-23-19(24(27)28)4-3-5-22(23)31-2)11-20(21)26-12-15-8-16(13-26)10-17(9-15)14-26/h3-7,11,15-17H,8-10,12-14H2,1-2H3,(H,27,28). The number of esters is 1. The van der Waals surface area contributed by atoms with Crippen molar-refractivity contribution in [2.45, 2.75) is 43.9 Å². The lowest BCUT2D eigenvalue weighted by Crippen LogP contribution is -2.48. The first-order valence-electron chi connectivity index (χ1n) is 11.2. The zero-order valence-corrected chi connectivity index (χ0v) is 18.4. The molecule has 0 amide bonds. The van der Waals surface area contributed by atoms with Crippen molar-refractivity contribution < 1.29 is 28.9 Å². The highest BCUT2D eigenvalue weighted by atomic mass is 16.6. The van der Waals surface area contributed by atoms with Crippen molar-refractivity contribution in [2.75, 3.05) is 14.2 Å². The molecule has 4 aliphatic carbocycles.